The molecular weight excluding hydrogens is 264 g/mol. The Kier molecular flexibility index (Phi) is 6.37. The van der Waals surface area contributed by atoms with Gasteiger partial charge in [0.05, 0.1) is 19.8 Å². The summed E-state index contributed by atoms with van der Waals surface area (Å²) < 4.78 is 10.9. The Morgan fingerprint density at radius 3 is 2.48 bits per heavy atom. The van der Waals surface area contributed by atoms with Crippen LogP contribution in [-0.4, -0.2) is 24.9 Å². The maximum atomic E-state index is 10.1. The van der Waals surface area contributed by atoms with Crippen LogP contribution >= 0.6 is 0 Å². The molecule has 3 unspecified atom stereocenters. The second-order valence-electron chi connectivity index (χ2n) is 6.11. The van der Waals surface area contributed by atoms with Gasteiger partial charge in [0.15, 0.2) is 0 Å². The van der Waals surface area contributed by atoms with E-state index in [1.807, 2.05) is 24.3 Å². The Morgan fingerprint density at radius 2 is 1.81 bits per heavy atom. The molecule has 0 aliphatic heterocycles. The van der Waals surface area contributed by atoms with Crippen molar-refractivity contribution in [3.63, 3.8) is 0 Å². The van der Waals surface area contributed by atoms with E-state index in [-0.39, 0.29) is 6.10 Å². The van der Waals surface area contributed by atoms with Crippen LogP contribution in [0, 0.1) is 11.8 Å². The molecule has 0 bridgehead atoms. The van der Waals surface area contributed by atoms with Crippen LogP contribution in [0.15, 0.2) is 24.3 Å². The van der Waals surface area contributed by atoms with Gasteiger partial charge in [0.2, 0.25) is 0 Å². The van der Waals surface area contributed by atoms with E-state index in [4.69, 9.17) is 9.47 Å². The molecule has 0 heterocycles. The predicted octanol–water partition coefficient (Wildman–Crippen LogP) is 4.04. The molecule has 1 aromatic carbocycles. The van der Waals surface area contributed by atoms with E-state index in [1.165, 1.54) is 19.3 Å². The largest absolute Gasteiger partial charge is 0.497 e. The molecule has 1 N–H and O–H groups in total. The number of methoxy groups -OCH3 is 1. The van der Waals surface area contributed by atoms with E-state index < -0.39 is 0 Å². The summed E-state index contributed by atoms with van der Waals surface area (Å²) in [5.41, 5.74) is 0. The minimum Gasteiger partial charge on any atom is -0.497 e. The van der Waals surface area contributed by atoms with Gasteiger partial charge < -0.3 is 14.6 Å². The molecule has 0 spiro atoms. The highest BCUT2D eigenvalue weighted by Gasteiger charge is 2.28. The molecule has 21 heavy (non-hydrogen) atoms. The van der Waals surface area contributed by atoms with E-state index in [0.29, 0.717) is 12.5 Å². The van der Waals surface area contributed by atoms with Crippen molar-refractivity contribution in [3.8, 4) is 11.5 Å². The van der Waals surface area contributed by atoms with Crippen LogP contribution in [0.5, 0.6) is 11.5 Å². The van der Waals surface area contributed by atoms with Gasteiger partial charge in [-0.25, -0.2) is 0 Å². The molecule has 0 aromatic heterocycles. The molecule has 0 radical (unpaired) electrons. The lowest BCUT2D eigenvalue weighted by atomic mass is 9.76. The van der Waals surface area contributed by atoms with Crippen molar-refractivity contribution in [1.82, 2.24) is 0 Å². The van der Waals surface area contributed by atoms with E-state index in [9.17, 15) is 5.11 Å². The van der Waals surface area contributed by atoms with Crippen molar-refractivity contribution in [1.29, 1.82) is 0 Å². The number of ether oxygens (including phenoxy) is 2. The summed E-state index contributed by atoms with van der Waals surface area (Å²) in [5.74, 6) is 2.90. The molecule has 3 nitrogen and oxygen atoms in total. The Labute approximate surface area is 128 Å². The number of benzene rings is 1. The monoisotopic (exact) mass is 292 g/mol. The average molecular weight is 292 g/mol. The van der Waals surface area contributed by atoms with Crippen LogP contribution in [0.4, 0.5) is 0 Å². The first-order valence-corrected chi connectivity index (χ1v) is 8.17. The lowest BCUT2D eigenvalue weighted by Gasteiger charge is -2.33. The fourth-order valence-electron chi connectivity index (χ4n) is 3.33. The zero-order chi connectivity index (χ0) is 15.1. The number of hydrogen-bond acceptors (Lipinski definition) is 3. The molecule has 118 valence electrons. The van der Waals surface area contributed by atoms with Gasteiger partial charge in [-0.15, -0.1) is 0 Å². The zero-order valence-corrected chi connectivity index (χ0v) is 13.3. The van der Waals surface area contributed by atoms with Crippen molar-refractivity contribution in [2.24, 2.45) is 11.8 Å². The molecule has 2 rings (SSSR count). The van der Waals surface area contributed by atoms with Crippen molar-refractivity contribution in [2.45, 2.75) is 51.6 Å². The predicted molar refractivity (Wildman–Crippen MR) is 84.9 cm³/mol. The lowest BCUT2D eigenvalue weighted by molar-refractivity contribution is 0.0350. The standard InChI is InChI=1S/C18H28O3/c1-3-4-14-5-10-18(19)15(13-14)11-12-21-17-8-6-16(20-2)7-9-17/h6-9,14-15,18-19H,3-5,10-13H2,1-2H3. The molecule has 1 aromatic rings. The summed E-state index contributed by atoms with van der Waals surface area (Å²) in [6.07, 6.45) is 6.63. The molecule has 1 saturated carbocycles. The zero-order valence-electron chi connectivity index (χ0n) is 13.3. The first-order chi connectivity index (χ1) is 10.2. The Morgan fingerprint density at radius 1 is 1.10 bits per heavy atom. The molecule has 1 aliphatic carbocycles. The smallest absolute Gasteiger partial charge is 0.119 e. The second kappa shape index (κ2) is 8.28. The molecule has 3 atom stereocenters. The molecule has 0 amide bonds. The fourth-order valence-corrected chi connectivity index (χ4v) is 3.33. The van der Waals surface area contributed by atoms with Crippen LogP contribution in [0.1, 0.15) is 45.4 Å². The van der Waals surface area contributed by atoms with Crippen molar-refractivity contribution < 1.29 is 14.6 Å². The SMILES string of the molecule is CCCC1CCC(O)C(CCOc2ccc(OC)cc2)C1. The number of rotatable bonds is 7. The highest BCUT2D eigenvalue weighted by atomic mass is 16.5. The third-order valence-corrected chi connectivity index (χ3v) is 4.56. The first kappa shape index (κ1) is 16.2. The topological polar surface area (TPSA) is 38.7 Å². The third-order valence-electron chi connectivity index (χ3n) is 4.56. The minimum absolute atomic E-state index is 0.141. The van der Waals surface area contributed by atoms with Gasteiger partial charge in [0.1, 0.15) is 11.5 Å². The van der Waals surface area contributed by atoms with E-state index >= 15 is 0 Å². The summed E-state index contributed by atoms with van der Waals surface area (Å²) >= 11 is 0. The van der Waals surface area contributed by atoms with Crippen LogP contribution in [0.2, 0.25) is 0 Å². The molecule has 1 fully saturated rings. The van der Waals surface area contributed by atoms with Crippen molar-refractivity contribution in [3.05, 3.63) is 24.3 Å². The van der Waals surface area contributed by atoms with E-state index in [0.717, 1.165) is 36.7 Å². The van der Waals surface area contributed by atoms with Gasteiger partial charge >= 0.3 is 0 Å². The van der Waals surface area contributed by atoms with Crippen LogP contribution < -0.4 is 9.47 Å². The third kappa shape index (κ3) is 4.92. The fraction of sp³-hybridized carbons (Fsp3) is 0.667. The number of aliphatic hydroxyl groups excluding tert-OH is 1. The Bertz CT molecular complexity index is 401. The second-order valence-corrected chi connectivity index (χ2v) is 6.11. The molecule has 3 heteroatoms. The Balaban J connectivity index is 1.75. The maximum Gasteiger partial charge on any atom is 0.119 e. The maximum absolute atomic E-state index is 10.1. The summed E-state index contributed by atoms with van der Waals surface area (Å²) in [4.78, 5) is 0. The van der Waals surface area contributed by atoms with Crippen LogP contribution in [0.3, 0.4) is 0 Å². The normalized spacial score (nSPS) is 25.6. The number of hydrogen-bond donors (Lipinski definition) is 1. The van der Waals surface area contributed by atoms with Gasteiger partial charge in [-0.05, 0) is 61.8 Å². The quantitative estimate of drug-likeness (QED) is 0.824. The highest BCUT2D eigenvalue weighted by Crippen LogP contribution is 2.34. The van der Waals surface area contributed by atoms with Gasteiger partial charge in [-0.3, -0.25) is 0 Å². The highest BCUT2D eigenvalue weighted by molar-refractivity contribution is 5.31. The van der Waals surface area contributed by atoms with Gasteiger partial charge in [-0.2, -0.15) is 0 Å². The van der Waals surface area contributed by atoms with Crippen LogP contribution in [-0.2, 0) is 0 Å². The van der Waals surface area contributed by atoms with E-state index in [2.05, 4.69) is 6.92 Å². The van der Waals surface area contributed by atoms with Crippen LogP contribution in [0.25, 0.3) is 0 Å². The summed E-state index contributed by atoms with van der Waals surface area (Å²) in [5, 5.41) is 10.1. The van der Waals surface area contributed by atoms with Gasteiger partial charge in [-0.1, -0.05) is 19.8 Å². The van der Waals surface area contributed by atoms with Gasteiger partial charge in [0.25, 0.3) is 0 Å². The molecular formula is C18H28O3. The van der Waals surface area contributed by atoms with Crippen molar-refractivity contribution >= 4 is 0 Å². The van der Waals surface area contributed by atoms with E-state index in [1.54, 1.807) is 7.11 Å². The van der Waals surface area contributed by atoms with Gasteiger partial charge in [0, 0.05) is 0 Å². The number of aliphatic hydroxyl groups is 1. The molecule has 1 aliphatic rings. The summed E-state index contributed by atoms with van der Waals surface area (Å²) in [7, 11) is 1.66. The first-order valence-electron chi connectivity index (χ1n) is 8.17. The van der Waals surface area contributed by atoms with Crippen molar-refractivity contribution in [2.75, 3.05) is 13.7 Å². The molecule has 0 saturated heterocycles. The summed E-state index contributed by atoms with van der Waals surface area (Å²) in [6, 6.07) is 7.66. The minimum atomic E-state index is -0.141. The Hall–Kier alpha value is -1.22. The average Bonchev–Trinajstić information content (AvgIpc) is 2.51. The lowest BCUT2D eigenvalue weighted by Crippen LogP contribution is -2.30. The summed E-state index contributed by atoms with van der Waals surface area (Å²) in [6.45, 7) is 2.92.